The Morgan fingerprint density at radius 3 is 2.39 bits per heavy atom. The lowest BCUT2D eigenvalue weighted by molar-refractivity contribution is -0.139. The average Bonchev–Trinajstić information content (AvgIpc) is 2.70. The van der Waals surface area contributed by atoms with Crippen molar-refractivity contribution < 1.29 is 27.5 Å². The monoisotopic (exact) mass is 409 g/mol. The van der Waals surface area contributed by atoms with Gasteiger partial charge in [-0.3, -0.25) is 0 Å². The molecular weight excluding hydrogens is 382 g/mol. The van der Waals surface area contributed by atoms with Crippen LogP contribution in [0.15, 0.2) is 42.5 Å². The summed E-state index contributed by atoms with van der Waals surface area (Å²) < 4.78 is 37.5. The second-order valence-electron chi connectivity index (χ2n) is 6.85. The lowest BCUT2D eigenvalue weighted by atomic mass is 9.91. The van der Waals surface area contributed by atoms with Gasteiger partial charge in [-0.25, -0.2) is 22.7 Å². The Bertz CT molecular complexity index is 769. The molecule has 2 rings (SSSR count). The highest BCUT2D eigenvalue weighted by molar-refractivity contribution is 7.89. The van der Waals surface area contributed by atoms with Crippen molar-refractivity contribution in [3.8, 4) is 0 Å². The van der Waals surface area contributed by atoms with Crippen molar-refractivity contribution in [2.24, 2.45) is 5.92 Å². The van der Waals surface area contributed by atoms with Crippen molar-refractivity contribution in [1.82, 2.24) is 4.72 Å². The molecule has 8 heteroatoms. The van der Waals surface area contributed by atoms with Crippen LogP contribution in [0.4, 0.5) is 0 Å². The molecule has 1 fully saturated rings. The number of hydrogen-bond donors (Lipinski definition) is 1. The average molecular weight is 410 g/mol. The predicted octanol–water partition coefficient (Wildman–Crippen LogP) is 2.50. The van der Waals surface area contributed by atoms with Crippen LogP contribution in [0.25, 0.3) is 0 Å². The van der Waals surface area contributed by atoms with Crippen LogP contribution in [0.1, 0.15) is 43.7 Å². The summed E-state index contributed by atoms with van der Waals surface area (Å²) in [5.41, 5.74) is 0.694. The smallest absolute Gasteiger partial charge is 0.331 e. The molecular formula is C20H27NO6S. The van der Waals surface area contributed by atoms with Crippen molar-refractivity contribution >= 4 is 22.0 Å². The zero-order chi connectivity index (χ0) is 20.4. The van der Waals surface area contributed by atoms with Crippen molar-refractivity contribution in [2.45, 2.75) is 38.1 Å². The molecule has 0 bridgehead atoms. The highest BCUT2D eigenvalue weighted by Crippen LogP contribution is 2.25. The molecule has 154 valence electrons. The van der Waals surface area contributed by atoms with Gasteiger partial charge in [0.1, 0.15) is 6.61 Å². The zero-order valence-electron chi connectivity index (χ0n) is 16.0. The molecule has 1 N–H and O–H groups in total. The lowest BCUT2D eigenvalue weighted by Crippen LogP contribution is -2.36. The molecule has 0 spiro atoms. The third-order valence-electron chi connectivity index (χ3n) is 4.65. The Kier molecular flexibility index (Phi) is 8.66. The molecule has 1 aromatic carbocycles. The molecule has 0 radical (unpaired) electrons. The van der Waals surface area contributed by atoms with E-state index < -0.39 is 28.0 Å². The highest BCUT2D eigenvalue weighted by Gasteiger charge is 2.25. The van der Waals surface area contributed by atoms with Gasteiger partial charge in [0.2, 0.25) is 10.0 Å². The first kappa shape index (κ1) is 22.1. The maximum Gasteiger partial charge on any atom is 0.331 e. The largest absolute Gasteiger partial charge is 0.466 e. The standard InChI is InChI=1S/C20H27NO6S/c1-26-19(22)12-13-20(23)27-14-18(17-10-6-3-7-11-17)21-28(24,25)15-16-8-4-2-5-9-16/h3,6-7,10-13,16,18,21H,2,4-5,8-9,14-15H2,1H3/b13-12+. The third kappa shape index (κ3) is 7.82. The van der Waals surface area contributed by atoms with Crippen LogP contribution < -0.4 is 4.72 Å². The molecule has 0 aromatic heterocycles. The summed E-state index contributed by atoms with van der Waals surface area (Å²) in [6.45, 7) is -0.182. The number of rotatable bonds is 9. The number of carbonyl (C=O) groups is 2. The molecule has 0 saturated heterocycles. The first-order valence-corrected chi connectivity index (χ1v) is 11.0. The second-order valence-corrected chi connectivity index (χ2v) is 8.65. The van der Waals surface area contributed by atoms with E-state index >= 15 is 0 Å². The number of benzene rings is 1. The van der Waals surface area contributed by atoms with Gasteiger partial charge in [0.15, 0.2) is 0 Å². The number of esters is 2. The van der Waals surface area contributed by atoms with Gasteiger partial charge in [0.25, 0.3) is 0 Å². The van der Waals surface area contributed by atoms with E-state index in [1.165, 1.54) is 7.11 Å². The van der Waals surface area contributed by atoms with Gasteiger partial charge in [-0.05, 0) is 24.3 Å². The Balaban J connectivity index is 2.02. The fourth-order valence-electron chi connectivity index (χ4n) is 3.23. The number of methoxy groups -OCH3 is 1. The van der Waals surface area contributed by atoms with Gasteiger partial charge >= 0.3 is 11.9 Å². The van der Waals surface area contributed by atoms with Gasteiger partial charge in [0, 0.05) is 12.2 Å². The van der Waals surface area contributed by atoms with Crippen LogP contribution in [0, 0.1) is 5.92 Å². The maximum absolute atomic E-state index is 12.7. The number of sulfonamides is 1. The summed E-state index contributed by atoms with van der Waals surface area (Å²) in [6, 6.07) is 8.23. The minimum atomic E-state index is -3.54. The summed E-state index contributed by atoms with van der Waals surface area (Å²) in [6.07, 6.45) is 7.02. The van der Waals surface area contributed by atoms with Crippen LogP contribution in [0.3, 0.4) is 0 Å². The first-order valence-electron chi connectivity index (χ1n) is 9.37. The minimum Gasteiger partial charge on any atom is -0.466 e. The zero-order valence-corrected chi connectivity index (χ0v) is 16.8. The lowest BCUT2D eigenvalue weighted by Gasteiger charge is -2.24. The van der Waals surface area contributed by atoms with E-state index in [0.29, 0.717) is 5.56 Å². The SMILES string of the molecule is COC(=O)/C=C/C(=O)OCC(NS(=O)(=O)CC1CCCCC1)c1ccccc1. The van der Waals surface area contributed by atoms with Gasteiger partial charge in [-0.1, -0.05) is 49.6 Å². The summed E-state index contributed by atoms with van der Waals surface area (Å²) in [5.74, 6) is -1.19. The molecule has 0 heterocycles. The topological polar surface area (TPSA) is 98.8 Å². The number of nitrogens with one attached hydrogen (secondary N) is 1. The van der Waals surface area contributed by atoms with E-state index in [1.807, 2.05) is 6.07 Å². The van der Waals surface area contributed by atoms with Gasteiger partial charge in [-0.2, -0.15) is 0 Å². The highest BCUT2D eigenvalue weighted by atomic mass is 32.2. The quantitative estimate of drug-likeness (QED) is 0.497. The van der Waals surface area contributed by atoms with Crippen molar-refractivity contribution in [2.75, 3.05) is 19.5 Å². The van der Waals surface area contributed by atoms with Crippen molar-refractivity contribution in [3.63, 3.8) is 0 Å². The Morgan fingerprint density at radius 1 is 1.11 bits per heavy atom. The fourth-order valence-corrected chi connectivity index (χ4v) is 4.92. The third-order valence-corrected chi connectivity index (χ3v) is 6.21. The van der Waals surface area contributed by atoms with E-state index in [4.69, 9.17) is 4.74 Å². The Morgan fingerprint density at radius 2 is 1.75 bits per heavy atom. The summed E-state index contributed by atoms with van der Waals surface area (Å²) in [7, 11) is -2.34. The molecule has 7 nitrogen and oxygen atoms in total. The molecule has 1 aliphatic rings. The Labute approximate surface area is 166 Å². The molecule has 1 aliphatic carbocycles. The molecule has 0 aliphatic heterocycles. The predicted molar refractivity (Wildman–Crippen MR) is 105 cm³/mol. The van der Waals surface area contributed by atoms with Crippen LogP contribution in [0.2, 0.25) is 0 Å². The van der Waals surface area contributed by atoms with Crippen molar-refractivity contribution in [3.05, 3.63) is 48.0 Å². The molecule has 1 aromatic rings. The van der Waals surface area contributed by atoms with Gasteiger partial charge in [0.05, 0.1) is 18.9 Å². The van der Waals surface area contributed by atoms with E-state index in [0.717, 1.165) is 44.3 Å². The van der Waals surface area contributed by atoms with Gasteiger partial charge in [-0.15, -0.1) is 0 Å². The maximum atomic E-state index is 12.7. The van der Waals surface area contributed by atoms with Crippen LogP contribution >= 0.6 is 0 Å². The summed E-state index contributed by atoms with van der Waals surface area (Å²) in [5, 5.41) is 0. The molecule has 1 unspecified atom stereocenters. The number of carbonyl (C=O) groups excluding carboxylic acids is 2. The molecule has 1 atom stereocenters. The summed E-state index contributed by atoms with van der Waals surface area (Å²) in [4.78, 5) is 22.8. The van der Waals surface area contributed by atoms with Crippen LogP contribution in [-0.2, 0) is 29.1 Å². The minimum absolute atomic E-state index is 0.0759. The number of hydrogen-bond acceptors (Lipinski definition) is 6. The van der Waals surface area contributed by atoms with Crippen LogP contribution in [-0.4, -0.2) is 39.8 Å². The number of ether oxygens (including phenoxy) is 2. The summed E-state index contributed by atoms with van der Waals surface area (Å²) >= 11 is 0. The fraction of sp³-hybridized carbons (Fsp3) is 0.500. The van der Waals surface area contributed by atoms with E-state index in [-0.39, 0.29) is 18.3 Å². The van der Waals surface area contributed by atoms with E-state index in [9.17, 15) is 18.0 Å². The molecule has 1 saturated carbocycles. The van der Waals surface area contributed by atoms with E-state index in [2.05, 4.69) is 9.46 Å². The Hall–Kier alpha value is -2.19. The van der Waals surface area contributed by atoms with Crippen molar-refractivity contribution in [1.29, 1.82) is 0 Å². The van der Waals surface area contributed by atoms with Crippen LogP contribution in [0.5, 0.6) is 0 Å². The molecule has 28 heavy (non-hydrogen) atoms. The first-order chi connectivity index (χ1) is 13.4. The van der Waals surface area contributed by atoms with Gasteiger partial charge < -0.3 is 9.47 Å². The normalized spacial score (nSPS) is 16.6. The van der Waals surface area contributed by atoms with E-state index in [1.54, 1.807) is 24.3 Å². The second kappa shape index (κ2) is 11.0. The molecule has 0 amide bonds.